The molecule has 128 valence electrons. The van der Waals surface area contributed by atoms with Crippen molar-refractivity contribution in [1.29, 1.82) is 0 Å². The van der Waals surface area contributed by atoms with E-state index in [9.17, 15) is 9.59 Å². The van der Waals surface area contributed by atoms with Crippen molar-refractivity contribution in [2.24, 2.45) is 5.92 Å². The van der Waals surface area contributed by atoms with Crippen LogP contribution in [-0.4, -0.2) is 40.0 Å². The van der Waals surface area contributed by atoms with Gasteiger partial charge in [0.1, 0.15) is 0 Å². The maximum absolute atomic E-state index is 12.3. The van der Waals surface area contributed by atoms with Crippen molar-refractivity contribution >= 4 is 11.8 Å². The minimum Gasteiger partial charge on any atom is -0.351 e. The molecule has 1 aromatic rings. The second kappa shape index (κ2) is 8.13. The molecule has 6 nitrogen and oxygen atoms in total. The molecular formula is C17H28N4O2. The number of nitrogens with zero attached hydrogens (tertiary/aromatic N) is 2. The summed E-state index contributed by atoms with van der Waals surface area (Å²) < 4.78 is 0. The van der Waals surface area contributed by atoms with Crippen LogP contribution in [0.1, 0.15) is 68.2 Å². The van der Waals surface area contributed by atoms with Crippen molar-refractivity contribution in [3.05, 3.63) is 17.0 Å². The highest BCUT2D eigenvalue weighted by atomic mass is 16.2. The molecule has 0 atom stereocenters. The lowest BCUT2D eigenvalue weighted by atomic mass is 10.0. The molecule has 0 bridgehead atoms. The Bertz CT molecular complexity index is 551. The van der Waals surface area contributed by atoms with E-state index < -0.39 is 0 Å². The average Bonchev–Trinajstić information content (AvgIpc) is 2.95. The summed E-state index contributed by atoms with van der Waals surface area (Å²) in [6.45, 7) is 8.17. The Morgan fingerprint density at radius 3 is 2.87 bits per heavy atom. The van der Waals surface area contributed by atoms with Gasteiger partial charge in [-0.3, -0.25) is 14.7 Å². The monoisotopic (exact) mass is 320 g/mol. The van der Waals surface area contributed by atoms with E-state index in [-0.39, 0.29) is 11.8 Å². The molecule has 0 saturated carbocycles. The normalized spacial score (nSPS) is 14.0. The second-order valence-corrected chi connectivity index (χ2v) is 6.64. The van der Waals surface area contributed by atoms with E-state index in [4.69, 9.17) is 0 Å². The van der Waals surface area contributed by atoms with Crippen molar-refractivity contribution in [1.82, 2.24) is 20.4 Å². The van der Waals surface area contributed by atoms with Gasteiger partial charge in [-0.05, 0) is 18.8 Å². The maximum Gasteiger partial charge on any atom is 0.272 e. The summed E-state index contributed by atoms with van der Waals surface area (Å²) in [6.07, 6.45) is 4.19. The van der Waals surface area contributed by atoms with Gasteiger partial charge in [-0.2, -0.15) is 5.10 Å². The smallest absolute Gasteiger partial charge is 0.272 e. The van der Waals surface area contributed by atoms with Gasteiger partial charge in [-0.15, -0.1) is 0 Å². The number of carbonyl (C=O) groups excluding carboxylic acids is 2. The Labute approximate surface area is 138 Å². The van der Waals surface area contributed by atoms with Gasteiger partial charge < -0.3 is 10.2 Å². The third kappa shape index (κ3) is 4.56. The quantitative estimate of drug-likeness (QED) is 0.809. The van der Waals surface area contributed by atoms with Gasteiger partial charge in [0, 0.05) is 43.7 Å². The number of hydrogen-bond donors (Lipinski definition) is 2. The summed E-state index contributed by atoms with van der Waals surface area (Å²) in [5, 5.41) is 10.1. The molecule has 1 aromatic heterocycles. The van der Waals surface area contributed by atoms with Crippen molar-refractivity contribution in [3.8, 4) is 0 Å². The minimum absolute atomic E-state index is 0.147. The fourth-order valence-corrected chi connectivity index (χ4v) is 2.74. The summed E-state index contributed by atoms with van der Waals surface area (Å²) in [6, 6.07) is 0. The van der Waals surface area contributed by atoms with Crippen molar-refractivity contribution in [2.75, 3.05) is 13.1 Å². The van der Waals surface area contributed by atoms with E-state index in [1.54, 1.807) is 0 Å². The molecular weight excluding hydrogens is 292 g/mol. The van der Waals surface area contributed by atoms with E-state index in [1.165, 1.54) is 0 Å². The number of aromatic amines is 1. The largest absolute Gasteiger partial charge is 0.351 e. The number of H-pyrrole nitrogens is 1. The SMILES string of the molecule is CCCCC(=O)N1CCc2[nH]nc(C(=O)NCCC(C)C)c2C1. The molecule has 0 unspecified atom stereocenters. The lowest BCUT2D eigenvalue weighted by Gasteiger charge is -2.27. The minimum atomic E-state index is -0.147. The lowest BCUT2D eigenvalue weighted by molar-refractivity contribution is -0.132. The Kier molecular flexibility index (Phi) is 6.19. The van der Waals surface area contributed by atoms with E-state index in [1.807, 2.05) is 4.90 Å². The number of rotatable bonds is 7. The highest BCUT2D eigenvalue weighted by Crippen LogP contribution is 2.21. The summed E-state index contributed by atoms with van der Waals surface area (Å²) >= 11 is 0. The predicted molar refractivity (Wildman–Crippen MR) is 89.0 cm³/mol. The molecule has 2 amide bonds. The third-order valence-corrected chi connectivity index (χ3v) is 4.25. The highest BCUT2D eigenvalue weighted by Gasteiger charge is 2.27. The lowest BCUT2D eigenvalue weighted by Crippen LogP contribution is -2.36. The molecule has 0 radical (unpaired) electrons. The Morgan fingerprint density at radius 1 is 1.39 bits per heavy atom. The van der Waals surface area contributed by atoms with Crippen LogP contribution in [0.15, 0.2) is 0 Å². The van der Waals surface area contributed by atoms with E-state index in [2.05, 4.69) is 36.3 Å². The molecule has 2 rings (SSSR count). The zero-order chi connectivity index (χ0) is 16.8. The number of amides is 2. The number of carbonyl (C=O) groups is 2. The number of hydrogen-bond acceptors (Lipinski definition) is 3. The molecule has 0 aliphatic carbocycles. The average molecular weight is 320 g/mol. The fraction of sp³-hybridized carbons (Fsp3) is 0.706. The van der Waals surface area contributed by atoms with Crippen LogP contribution in [0.25, 0.3) is 0 Å². The molecule has 0 saturated heterocycles. The van der Waals surface area contributed by atoms with Crippen LogP contribution in [0.2, 0.25) is 0 Å². The van der Waals surface area contributed by atoms with Crippen molar-refractivity contribution in [2.45, 2.75) is 59.4 Å². The molecule has 2 N–H and O–H groups in total. The van der Waals surface area contributed by atoms with Crippen LogP contribution in [-0.2, 0) is 17.8 Å². The first kappa shape index (κ1) is 17.5. The van der Waals surface area contributed by atoms with E-state index in [0.29, 0.717) is 37.7 Å². The van der Waals surface area contributed by atoms with Crippen LogP contribution < -0.4 is 5.32 Å². The van der Waals surface area contributed by atoms with Gasteiger partial charge in [-0.25, -0.2) is 0 Å². The van der Waals surface area contributed by atoms with Crippen LogP contribution >= 0.6 is 0 Å². The Hall–Kier alpha value is -1.85. The molecule has 0 fully saturated rings. The van der Waals surface area contributed by atoms with E-state index in [0.717, 1.165) is 36.9 Å². The first-order chi connectivity index (χ1) is 11.0. The third-order valence-electron chi connectivity index (χ3n) is 4.25. The van der Waals surface area contributed by atoms with Crippen LogP contribution in [0.3, 0.4) is 0 Å². The number of nitrogens with one attached hydrogen (secondary N) is 2. The van der Waals surface area contributed by atoms with Gasteiger partial charge in [-0.1, -0.05) is 27.2 Å². The van der Waals surface area contributed by atoms with Gasteiger partial charge in [0.2, 0.25) is 5.91 Å². The zero-order valence-electron chi connectivity index (χ0n) is 14.4. The molecule has 6 heteroatoms. The van der Waals surface area contributed by atoms with Crippen molar-refractivity contribution in [3.63, 3.8) is 0 Å². The summed E-state index contributed by atoms with van der Waals surface area (Å²) in [5.74, 6) is 0.575. The Morgan fingerprint density at radius 2 is 2.17 bits per heavy atom. The standard InChI is InChI=1S/C17H28N4O2/c1-4-5-6-15(22)21-10-8-14-13(11-21)16(20-19-14)17(23)18-9-7-12(2)3/h12H,4-11H2,1-3H3,(H,18,23)(H,19,20). The van der Waals surface area contributed by atoms with Crippen molar-refractivity contribution < 1.29 is 9.59 Å². The topological polar surface area (TPSA) is 78.1 Å². The zero-order valence-corrected chi connectivity index (χ0v) is 14.4. The van der Waals surface area contributed by atoms with Crippen LogP contribution in [0.4, 0.5) is 0 Å². The summed E-state index contributed by atoms with van der Waals surface area (Å²) in [5.41, 5.74) is 2.30. The number of aromatic nitrogens is 2. The van der Waals surface area contributed by atoms with Gasteiger partial charge in [0.05, 0.1) is 0 Å². The van der Waals surface area contributed by atoms with Gasteiger partial charge in [0.15, 0.2) is 5.69 Å². The molecule has 0 spiro atoms. The molecule has 0 aromatic carbocycles. The molecule has 1 aliphatic heterocycles. The van der Waals surface area contributed by atoms with Crippen LogP contribution in [0, 0.1) is 5.92 Å². The predicted octanol–water partition coefficient (Wildman–Crippen LogP) is 2.26. The van der Waals surface area contributed by atoms with Gasteiger partial charge in [0.25, 0.3) is 5.91 Å². The first-order valence-corrected chi connectivity index (χ1v) is 8.65. The highest BCUT2D eigenvalue weighted by molar-refractivity contribution is 5.94. The van der Waals surface area contributed by atoms with Gasteiger partial charge >= 0.3 is 0 Å². The first-order valence-electron chi connectivity index (χ1n) is 8.65. The fourth-order valence-electron chi connectivity index (χ4n) is 2.74. The molecule has 23 heavy (non-hydrogen) atoms. The van der Waals surface area contributed by atoms with E-state index >= 15 is 0 Å². The number of unbranched alkanes of at least 4 members (excludes halogenated alkanes) is 1. The Balaban J connectivity index is 1.99. The summed E-state index contributed by atoms with van der Waals surface area (Å²) in [7, 11) is 0. The molecule has 2 heterocycles. The second-order valence-electron chi connectivity index (χ2n) is 6.64. The summed E-state index contributed by atoms with van der Waals surface area (Å²) in [4.78, 5) is 26.4. The maximum atomic E-state index is 12.3. The van der Waals surface area contributed by atoms with Crippen LogP contribution in [0.5, 0.6) is 0 Å². The molecule has 1 aliphatic rings. The number of fused-ring (bicyclic) bond motifs is 1.